The zero-order valence-corrected chi connectivity index (χ0v) is 12.4. The van der Waals surface area contributed by atoms with Gasteiger partial charge in [-0.15, -0.1) is 11.3 Å². The lowest BCUT2D eigenvalue weighted by Gasteiger charge is -2.17. The van der Waals surface area contributed by atoms with Crippen LogP contribution in [0.3, 0.4) is 0 Å². The molecule has 0 radical (unpaired) electrons. The number of benzene rings is 1. The molecule has 4 heteroatoms. The molecule has 0 aliphatic heterocycles. The highest BCUT2D eigenvalue weighted by atomic mass is 32.1. The van der Waals surface area contributed by atoms with E-state index in [0.717, 1.165) is 29.2 Å². The summed E-state index contributed by atoms with van der Waals surface area (Å²) < 4.78 is 14.0. The number of halogens is 1. The number of rotatable bonds is 6. The number of nitrogens with one attached hydrogen (secondary N) is 1. The van der Waals surface area contributed by atoms with Crippen LogP contribution in [0, 0.1) is 12.7 Å². The summed E-state index contributed by atoms with van der Waals surface area (Å²) in [5.41, 5.74) is 1.85. The van der Waals surface area contributed by atoms with Crippen LogP contribution in [0.25, 0.3) is 0 Å². The summed E-state index contributed by atoms with van der Waals surface area (Å²) in [6.07, 6.45) is 3.31. The fraction of sp³-hybridized carbons (Fsp3) is 0.438. The van der Waals surface area contributed by atoms with Crippen molar-refractivity contribution in [3.8, 4) is 0 Å². The SMILES string of the molecule is Cc1csc(CC(CNC2CC2)c2ccccc2F)n1. The predicted molar refractivity (Wildman–Crippen MR) is 80.7 cm³/mol. The third-order valence-electron chi connectivity index (χ3n) is 3.66. The molecule has 1 saturated carbocycles. The third-order valence-corrected chi connectivity index (χ3v) is 4.65. The second-order valence-electron chi connectivity index (χ2n) is 5.49. The zero-order valence-electron chi connectivity index (χ0n) is 11.6. The topological polar surface area (TPSA) is 24.9 Å². The molecule has 1 N–H and O–H groups in total. The highest BCUT2D eigenvalue weighted by Gasteiger charge is 2.24. The van der Waals surface area contributed by atoms with E-state index in [1.54, 1.807) is 23.5 Å². The number of nitrogens with zero attached hydrogens (tertiary/aromatic N) is 1. The van der Waals surface area contributed by atoms with Crippen LogP contribution in [0.5, 0.6) is 0 Å². The van der Waals surface area contributed by atoms with Crippen molar-refractivity contribution in [3.63, 3.8) is 0 Å². The summed E-state index contributed by atoms with van der Waals surface area (Å²) >= 11 is 1.67. The van der Waals surface area contributed by atoms with Crippen LogP contribution >= 0.6 is 11.3 Å². The van der Waals surface area contributed by atoms with Crippen LogP contribution in [-0.4, -0.2) is 17.6 Å². The Morgan fingerprint density at radius 3 is 2.85 bits per heavy atom. The van der Waals surface area contributed by atoms with Crippen molar-refractivity contribution in [1.29, 1.82) is 0 Å². The van der Waals surface area contributed by atoms with Crippen molar-refractivity contribution >= 4 is 11.3 Å². The zero-order chi connectivity index (χ0) is 13.9. The van der Waals surface area contributed by atoms with E-state index >= 15 is 0 Å². The standard InChI is InChI=1S/C16H19FN2S/c1-11-10-20-16(19-11)8-12(9-18-13-6-7-13)14-4-2-3-5-15(14)17/h2-5,10,12-13,18H,6-9H2,1H3. The maximum absolute atomic E-state index is 14.0. The molecular formula is C16H19FN2S. The molecule has 0 spiro atoms. The van der Waals surface area contributed by atoms with Crippen molar-refractivity contribution in [2.24, 2.45) is 0 Å². The lowest BCUT2D eigenvalue weighted by atomic mass is 9.95. The first-order valence-electron chi connectivity index (χ1n) is 7.11. The molecule has 1 aliphatic rings. The van der Waals surface area contributed by atoms with Gasteiger partial charge in [-0.05, 0) is 31.4 Å². The highest BCUT2D eigenvalue weighted by Crippen LogP contribution is 2.26. The van der Waals surface area contributed by atoms with Crippen LogP contribution in [0.2, 0.25) is 0 Å². The van der Waals surface area contributed by atoms with E-state index < -0.39 is 0 Å². The maximum atomic E-state index is 14.0. The normalized spacial score (nSPS) is 16.3. The largest absolute Gasteiger partial charge is 0.313 e. The number of aryl methyl sites for hydroxylation is 1. The quantitative estimate of drug-likeness (QED) is 0.878. The molecule has 20 heavy (non-hydrogen) atoms. The van der Waals surface area contributed by atoms with Gasteiger partial charge in [0.05, 0.1) is 5.01 Å². The van der Waals surface area contributed by atoms with Gasteiger partial charge in [-0.1, -0.05) is 18.2 Å². The number of hydrogen-bond acceptors (Lipinski definition) is 3. The Bertz CT molecular complexity index is 577. The van der Waals surface area contributed by atoms with Gasteiger partial charge < -0.3 is 5.32 Å². The van der Waals surface area contributed by atoms with Crippen LogP contribution in [-0.2, 0) is 6.42 Å². The number of thiazole rings is 1. The molecule has 0 amide bonds. The molecule has 1 unspecified atom stereocenters. The minimum absolute atomic E-state index is 0.108. The van der Waals surface area contributed by atoms with Gasteiger partial charge in [-0.3, -0.25) is 0 Å². The van der Waals surface area contributed by atoms with Crippen molar-refractivity contribution in [3.05, 3.63) is 51.7 Å². The second kappa shape index (κ2) is 6.02. The molecule has 1 heterocycles. The molecule has 1 aromatic carbocycles. The Morgan fingerprint density at radius 1 is 1.40 bits per heavy atom. The lowest BCUT2D eigenvalue weighted by Crippen LogP contribution is -2.25. The smallest absolute Gasteiger partial charge is 0.126 e. The van der Waals surface area contributed by atoms with E-state index in [-0.39, 0.29) is 11.7 Å². The minimum Gasteiger partial charge on any atom is -0.313 e. The maximum Gasteiger partial charge on any atom is 0.126 e. The Labute approximate surface area is 123 Å². The first kappa shape index (κ1) is 13.7. The average Bonchev–Trinajstić information content (AvgIpc) is 3.18. The first-order valence-corrected chi connectivity index (χ1v) is 7.99. The van der Waals surface area contributed by atoms with Crippen molar-refractivity contribution in [2.45, 2.75) is 38.1 Å². The van der Waals surface area contributed by atoms with E-state index in [4.69, 9.17) is 0 Å². The molecule has 1 atom stereocenters. The summed E-state index contributed by atoms with van der Waals surface area (Å²) in [7, 11) is 0. The van der Waals surface area contributed by atoms with E-state index in [0.29, 0.717) is 6.04 Å². The summed E-state index contributed by atoms with van der Waals surface area (Å²) in [6, 6.07) is 7.75. The summed E-state index contributed by atoms with van der Waals surface area (Å²) in [6.45, 7) is 2.82. The molecule has 106 valence electrons. The van der Waals surface area contributed by atoms with Gasteiger partial charge in [0.2, 0.25) is 0 Å². The minimum atomic E-state index is -0.108. The Balaban J connectivity index is 1.77. The third kappa shape index (κ3) is 3.44. The summed E-state index contributed by atoms with van der Waals surface area (Å²) in [5, 5.41) is 6.67. The Hall–Kier alpha value is -1.26. The first-order chi connectivity index (χ1) is 9.72. The summed E-state index contributed by atoms with van der Waals surface area (Å²) in [5.74, 6) is 0.0470. The molecule has 1 fully saturated rings. The molecular weight excluding hydrogens is 271 g/mol. The number of aromatic nitrogens is 1. The van der Waals surface area contributed by atoms with Crippen LogP contribution in [0.1, 0.15) is 35.0 Å². The van der Waals surface area contributed by atoms with Gasteiger partial charge in [0.15, 0.2) is 0 Å². The van der Waals surface area contributed by atoms with E-state index in [9.17, 15) is 4.39 Å². The predicted octanol–water partition coefficient (Wildman–Crippen LogP) is 3.67. The Morgan fingerprint density at radius 2 is 2.20 bits per heavy atom. The van der Waals surface area contributed by atoms with E-state index in [1.165, 1.54) is 12.8 Å². The van der Waals surface area contributed by atoms with Gasteiger partial charge >= 0.3 is 0 Å². The fourth-order valence-electron chi connectivity index (χ4n) is 2.40. The van der Waals surface area contributed by atoms with Crippen LogP contribution in [0.4, 0.5) is 4.39 Å². The van der Waals surface area contributed by atoms with Crippen LogP contribution < -0.4 is 5.32 Å². The van der Waals surface area contributed by atoms with Gasteiger partial charge in [0, 0.05) is 36.0 Å². The fourth-order valence-corrected chi connectivity index (χ4v) is 3.26. The monoisotopic (exact) mass is 290 g/mol. The molecule has 3 rings (SSSR count). The van der Waals surface area contributed by atoms with Gasteiger partial charge in [0.25, 0.3) is 0 Å². The summed E-state index contributed by atoms with van der Waals surface area (Å²) in [4.78, 5) is 4.52. The highest BCUT2D eigenvalue weighted by molar-refractivity contribution is 7.09. The molecule has 0 bridgehead atoms. The van der Waals surface area contributed by atoms with Crippen molar-refractivity contribution in [1.82, 2.24) is 10.3 Å². The lowest BCUT2D eigenvalue weighted by molar-refractivity contribution is 0.535. The second-order valence-corrected chi connectivity index (χ2v) is 6.43. The molecule has 2 aromatic rings. The van der Waals surface area contributed by atoms with E-state index in [2.05, 4.69) is 15.7 Å². The van der Waals surface area contributed by atoms with E-state index in [1.807, 2.05) is 19.1 Å². The molecule has 1 aromatic heterocycles. The average molecular weight is 290 g/mol. The molecule has 2 nitrogen and oxygen atoms in total. The van der Waals surface area contributed by atoms with Crippen molar-refractivity contribution in [2.75, 3.05) is 6.54 Å². The molecule has 0 saturated heterocycles. The van der Waals surface area contributed by atoms with Crippen molar-refractivity contribution < 1.29 is 4.39 Å². The Kier molecular flexibility index (Phi) is 4.13. The van der Waals surface area contributed by atoms with Gasteiger partial charge in [0.1, 0.15) is 5.82 Å². The van der Waals surface area contributed by atoms with Crippen LogP contribution in [0.15, 0.2) is 29.6 Å². The molecule has 1 aliphatic carbocycles. The van der Waals surface area contributed by atoms with Gasteiger partial charge in [-0.25, -0.2) is 9.37 Å². The van der Waals surface area contributed by atoms with Gasteiger partial charge in [-0.2, -0.15) is 0 Å². The number of hydrogen-bond donors (Lipinski definition) is 1.